The van der Waals surface area contributed by atoms with Crippen LogP contribution < -0.4 is 29.4 Å². The summed E-state index contributed by atoms with van der Waals surface area (Å²) in [6.07, 6.45) is 15.6. The summed E-state index contributed by atoms with van der Waals surface area (Å²) in [5.74, 6) is 1.22. The van der Waals surface area contributed by atoms with Crippen LogP contribution in [0.25, 0.3) is 64.6 Å². The predicted octanol–water partition coefficient (Wildman–Crippen LogP) is 28.9. The number of nitrogens with zero attached hydrogens (tertiary/aromatic N) is 6. The number of rotatable bonds is 18. The molecule has 2 aliphatic carbocycles. The van der Waals surface area contributed by atoms with Gasteiger partial charge in [0, 0.05) is 95.2 Å². The average Bonchev–Trinajstić information content (AvgIpc) is 0.721. The fourth-order valence-electron chi connectivity index (χ4n) is 18.9. The SMILES string of the molecule is Cc1cccc(C)c1N(c1ccc(C2C=CCCC2)cc1)c1ccc2ccc3c(N(c4ccc(C5C=CC(CN(C)c6ccc(N(c7c(C)cccc7C)c7ccc8ccc9c(N(c%10ccc(N(C)C)cc%10)c%10c(C)cccc%10C)ccc%10ccc7c8c%109)cc6)CC5)cc4)c4c(C)cccc4C)ccc4ccc1c2c43. The summed E-state index contributed by atoms with van der Waals surface area (Å²) in [6, 6.07) is 102. The minimum absolute atomic E-state index is 0.332. The zero-order chi connectivity index (χ0) is 75.2. The van der Waals surface area contributed by atoms with Crippen LogP contribution in [-0.2, 0) is 0 Å². The number of benzene rings is 16. The summed E-state index contributed by atoms with van der Waals surface area (Å²) >= 11 is 0. The van der Waals surface area contributed by atoms with Crippen LogP contribution in [0.15, 0.2) is 291 Å². The van der Waals surface area contributed by atoms with Crippen LogP contribution in [0, 0.1) is 61.3 Å². The molecule has 3 unspecified atom stereocenters. The van der Waals surface area contributed by atoms with Crippen molar-refractivity contribution in [3.05, 3.63) is 347 Å². The van der Waals surface area contributed by atoms with Crippen molar-refractivity contribution >= 4 is 144 Å². The first-order valence-corrected chi connectivity index (χ1v) is 39.6. The topological polar surface area (TPSA) is 19.4 Å². The fourth-order valence-corrected chi connectivity index (χ4v) is 18.9. The highest BCUT2D eigenvalue weighted by atomic mass is 15.2. The van der Waals surface area contributed by atoms with E-state index in [9.17, 15) is 0 Å². The normalized spacial score (nSPS) is 15.1. The third kappa shape index (κ3) is 12.2. The summed E-state index contributed by atoms with van der Waals surface area (Å²) in [5.41, 5.74) is 29.2. The summed E-state index contributed by atoms with van der Waals surface area (Å²) in [7, 11) is 6.48. The van der Waals surface area contributed by atoms with Crippen LogP contribution in [-0.4, -0.2) is 27.7 Å². The lowest BCUT2D eigenvalue weighted by atomic mass is 9.84. The molecule has 0 fully saturated rings. The van der Waals surface area contributed by atoms with Crippen LogP contribution in [0.5, 0.6) is 0 Å². The number of hydrogen-bond donors (Lipinski definition) is 0. The van der Waals surface area contributed by atoms with Crippen LogP contribution in [0.3, 0.4) is 0 Å². The predicted molar refractivity (Wildman–Crippen MR) is 475 cm³/mol. The van der Waals surface area contributed by atoms with Crippen molar-refractivity contribution in [2.45, 2.75) is 99.3 Å². The molecule has 0 N–H and O–H groups in total. The van der Waals surface area contributed by atoms with Gasteiger partial charge < -0.3 is 29.4 Å². The standard InChI is InChI=1S/C104H96N6/c1-66-19-15-20-67(2)101(66)107(85-45-33-77(34-46-85)75-27-13-12-14-28-75)93-61-41-79-38-58-90-94(62-42-80-37-57-89(93)97(79)98(80)90)108(102-68(3)21-16-22-69(102)4)86-47-35-78(36-48-86)76-31-29-74(30-32-76)65-106(11)84-51-55-88(56-52-84)110(104-72(7)25-18-26-73(104)8)96-64-44-82-39-59-91-95(63-43-81-40-60-92(96)100(82)99(81)91)109(103-70(5)23-17-24-71(103)6)87-53-49-83(50-54-87)105(9)10/h13,15-27,29,31,33-64,74-76H,12,14,28,30,32,65H2,1-11H3. The van der Waals surface area contributed by atoms with Gasteiger partial charge in [-0.3, -0.25) is 0 Å². The van der Waals surface area contributed by atoms with Gasteiger partial charge in [0.2, 0.25) is 0 Å². The zero-order valence-electron chi connectivity index (χ0n) is 65.4. The monoisotopic (exact) mass is 1430 g/mol. The van der Waals surface area contributed by atoms with Gasteiger partial charge in [0.1, 0.15) is 0 Å². The highest BCUT2D eigenvalue weighted by Crippen LogP contribution is 2.53. The summed E-state index contributed by atoms with van der Waals surface area (Å²) in [5, 5.41) is 15.0. The van der Waals surface area contributed by atoms with Crippen LogP contribution >= 0.6 is 0 Å². The molecule has 0 radical (unpaired) electrons. The largest absolute Gasteiger partial charge is 0.378 e. The molecule has 0 spiro atoms. The van der Waals surface area contributed by atoms with Crippen molar-refractivity contribution in [1.82, 2.24) is 0 Å². The second kappa shape index (κ2) is 28.5. The lowest BCUT2D eigenvalue weighted by molar-refractivity contribution is 0.511. The molecule has 2 aliphatic rings. The van der Waals surface area contributed by atoms with Gasteiger partial charge in [-0.1, -0.05) is 194 Å². The van der Waals surface area contributed by atoms with Crippen molar-refractivity contribution in [2.24, 2.45) is 5.92 Å². The quantitative estimate of drug-likeness (QED) is 0.0625. The number of anilines is 14. The van der Waals surface area contributed by atoms with E-state index in [2.05, 4.69) is 397 Å². The number of allylic oxidation sites excluding steroid dienone is 3. The van der Waals surface area contributed by atoms with E-state index in [0.29, 0.717) is 17.8 Å². The molecule has 0 saturated carbocycles. The van der Waals surface area contributed by atoms with Crippen LogP contribution in [0.2, 0.25) is 0 Å². The fraction of sp³-hybridized carbons (Fsp3) is 0.192. The Balaban J connectivity index is 0.631. The van der Waals surface area contributed by atoms with Gasteiger partial charge in [0.05, 0.1) is 45.5 Å². The first kappa shape index (κ1) is 69.6. The van der Waals surface area contributed by atoms with Crippen molar-refractivity contribution in [2.75, 3.05) is 57.1 Å². The van der Waals surface area contributed by atoms with E-state index in [1.807, 2.05) is 0 Å². The second-order valence-corrected chi connectivity index (χ2v) is 31.8. The molecule has 0 saturated heterocycles. The number of hydrogen-bond acceptors (Lipinski definition) is 6. The molecule has 110 heavy (non-hydrogen) atoms. The number of aryl methyl sites for hydroxylation is 8. The molecule has 0 aromatic heterocycles. The third-order valence-corrected chi connectivity index (χ3v) is 24.4. The molecule has 0 amide bonds. The Morgan fingerprint density at radius 1 is 0.273 bits per heavy atom. The average molecular weight is 1430 g/mol. The summed E-state index contributed by atoms with van der Waals surface area (Å²) in [6.45, 7) is 19.0. The van der Waals surface area contributed by atoms with Gasteiger partial charge in [-0.05, 0) is 289 Å². The van der Waals surface area contributed by atoms with E-state index in [0.717, 1.165) is 47.8 Å². The number of para-hydroxylation sites is 4. The van der Waals surface area contributed by atoms with E-state index in [1.54, 1.807) is 0 Å². The van der Waals surface area contributed by atoms with Crippen molar-refractivity contribution in [3.63, 3.8) is 0 Å². The van der Waals surface area contributed by atoms with Gasteiger partial charge >= 0.3 is 0 Å². The van der Waals surface area contributed by atoms with Crippen LogP contribution in [0.1, 0.15) is 99.6 Å². The van der Waals surface area contributed by atoms with E-state index in [-0.39, 0.29) is 0 Å². The maximum Gasteiger partial charge on any atom is 0.0540 e. The second-order valence-electron chi connectivity index (χ2n) is 31.8. The Morgan fingerprint density at radius 2 is 0.564 bits per heavy atom. The molecule has 0 heterocycles. The molecule has 542 valence electrons. The van der Waals surface area contributed by atoms with Crippen molar-refractivity contribution in [3.8, 4) is 0 Å². The maximum atomic E-state index is 2.54. The highest BCUT2D eigenvalue weighted by molar-refractivity contribution is 6.30. The van der Waals surface area contributed by atoms with E-state index >= 15 is 0 Å². The van der Waals surface area contributed by atoms with Crippen molar-refractivity contribution in [1.29, 1.82) is 0 Å². The van der Waals surface area contributed by atoms with Gasteiger partial charge in [0.15, 0.2) is 0 Å². The Hall–Kier alpha value is -12.1. The maximum absolute atomic E-state index is 2.54. The van der Waals surface area contributed by atoms with Gasteiger partial charge in [-0.25, -0.2) is 0 Å². The molecule has 0 bridgehead atoms. The van der Waals surface area contributed by atoms with Gasteiger partial charge in [-0.2, -0.15) is 0 Å². The zero-order valence-corrected chi connectivity index (χ0v) is 65.4. The molecular weight excluding hydrogens is 1330 g/mol. The minimum atomic E-state index is 0.332. The third-order valence-electron chi connectivity index (χ3n) is 24.4. The minimum Gasteiger partial charge on any atom is -0.378 e. The molecule has 6 nitrogen and oxygen atoms in total. The Morgan fingerprint density at radius 3 is 0.855 bits per heavy atom. The lowest BCUT2D eigenvalue weighted by Crippen LogP contribution is -2.26. The molecule has 6 heteroatoms. The smallest absolute Gasteiger partial charge is 0.0540 e. The highest BCUT2D eigenvalue weighted by Gasteiger charge is 2.29. The summed E-state index contributed by atoms with van der Waals surface area (Å²) in [4.78, 5) is 14.7. The van der Waals surface area contributed by atoms with E-state index < -0.39 is 0 Å². The van der Waals surface area contributed by atoms with E-state index in [4.69, 9.17) is 0 Å². The molecular formula is C104H96N6. The molecule has 0 aliphatic heterocycles. The lowest BCUT2D eigenvalue weighted by Gasteiger charge is -2.32. The molecule has 3 atom stereocenters. The Kier molecular flexibility index (Phi) is 18.0. The molecule has 16 aromatic rings. The van der Waals surface area contributed by atoms with Crippen LogP contribution in [0.4, 0.5) is 79.6 Å². The van der Waals surface area contributed by atoms with E-state index in [1.165, 1.54) is 191 Å². The summed E-state index contributed by atoms with van der Waals surface area (Å²) < 4.78 is 0. The van der Waals surface area contributed by atoms with Gasteiger partial charge in [-0.15, -0.1) is 0 Å². The van der Waals surface area contributed by atoms with Crippen molar-refractivity contribution < 1.29 is 0 Å². The molecule has 18 rings (SSSR count). The Bertz CT molecular complexity index is 6140. The van der Waals surface area contributed by atoms with Gasteiger partial charge in [0.25, 0.3) is 0 Å². The molecule has 16 aromatic carbocycles. The first-order valence-electron chi connectivity index (χ1n) is 39.6. The first-order chi connectivity index (χ1) is 53.6. The Labute approximate surface area is 649 Å².